The molecule has 0 saturated carbocycles. The molecule has 21 heteroatoms. The average molecular weight is 1120 g/mol. The van der Waals surface area contributed by atoms with Crippen LogP contribution in [0.2, 0.25) is 0 Å². The number of phenols is 2. The number of methoxy groups -OCH3 is 4. The van der Waals surface area contributed by atoms with Gasteiger partial charge in [0, 0.05) is 74.3 Å². The molecule has 21 nitrogen and oxygen atoms in total. The predicted octanol–water partition coefficient (Wildman–Crippen LogP) is 9.62. The van der Waals surface area contributed by atoms with Crippen LogP contribution in [0.25, 0.3) is 0 Å². The first-order valence-electron chi connectivity index (χ1n) is 25.7. The Morgan fingerprint density at radius 1 is 0.568 bits per heavy atom. The molecule has 0 radical (unpaired) electrons. The molecule has 0 saturated heterocycles. The van der Waals surface area contributed by atoms with Crippen molar-refractivity contribution in [2.45, 2.75) is 65.2 Å². The SMILES string of the molecule is C.CO.COc1cc2c(c([N+](=O)[O-])c1OC)CCN(C)C[C@H]2c1cccc(C)c1.COc1cc2c(c([N+](=O)[O-])c1OC)CCNC[C@H]2c1cccc(C)c1.Cc1cccc([C@@H]2CN(C)CCc3c2cc(O)c(O)c3[N+](=O)[O-])c1.O=CO. The summed E-state index contributed by atoms with van der Waals surface area (Å²) >= 11 is 0. The number of hydrogen-bond donors (Lipinski definition) is 5. The number of hydrogen-bond acceptors (Lipinski definition) is 17. The van der Waals surface area contributed by atoms with Crippen molar-refractivity contribution in [2.75, 3.05) is 88.9 Å². The Balaban J connectivity index is 0.000000250. The van der Waals surface area contributed by atoms with Gasteiger partial charge in [0.15, 0.2) is 17.2 Å². The second-order valence-electron chi connectivity index (χ2n) is 19.5. The molecular formula is C60H76N6O15. The van der Waals surface area contributed by atoms with E-state index in [2.05, 4.69) is 65.5 Å². The zero-order valence-corrected chi connectivity index (χ0v) is 46.8. The Bertz CT molecular complexity index is 3150. The number of nitrogens with one attached hydrogen (secondary N) is 1. The molecule has 0 amide bonds. The summed E-state index contributed by atoms with van der Waals surface area (Å²) in [5, 5.41) is 72.4. The van der Waals surface area contributed by atoms with Gasteiger partial charge in [0.25, 0.3) is 6.47 Å². The molecule has 3 heterocycles. The topological polar surface area (TPSA) is 283 Å². The van der Waals surface area contributed by atoms with Crippen molar-refractivity contribution < 1.29 is 58.9 Å². The number of aryl methyl sites for hydroxylation is 3. The highest BCUT2D eigenvalue weighted by atomic mass is 16.6. The zero-order chi connectivity index (χ0) is 59.0. The fourth-order valence-electron chi connectivity index (χ4n) is 10.8. The summed E-state index contributed by atoms with van der Waals surface area (Å²) < 4.78 is 21.5. The number of carbonyl (C=O) groups is 1. The van der Waals surface area contributed by atoms with E-state index >= 15 is 0 Å². The molecule has 3 aliphatic heterocycles. The van der Waals surface area contributed by atoms with E-state index in [9.17, 15) is 40.6 Å². The van der Waals surface area contributed by atoms with Crippen LogP contribution >= 0.6 is 0 Å². The zero-order valence-electron chi connectivity index (χ0n) is 46.8. The third kappa shape index (κ3) is 15.3. The van der Waals surface area contributed by atoms with E-state index in [0.717, 1.165) is 71.3 Å². The second kappa shape index (κ2) is 30.3. The van der Waals surface area contributed by atoms with Crippen LogP contribution in [0.4, 0.5) is 17.1 Å². The van der Waals surface area contributed by atoms with Gasteiger partial charge in [0.1, 0.15) is 0 Å². The first kappa shape index (κ1) is 65.2. The fraction of sp³-hybridized carbons (Fsp3) is 0.383. The van der Waals surface area contributed by atoms with E-state index in [1.54, 1.807) is 0 Å². The van der Waals surface area contributed by atoms with E-state index in [-0.39, 0.29) is 70.1 Å². The average Bonchev–Trinajstić information content (AvgIpc) is 4.01. The monoisotopic (exact) mass is 1120 g/mol. The third-order valence-electron chi connectivity index (χ3n) is 14.3. The number of fused-ring (bicyclic) bond motifs is 3. The van der Waals surface area contributed by atoms with Crippen LogP contribution in [0, 0.1) is 51.1 Å². The molecule has 0 bridgehead atoms. The first-order chi connectivity index (χ1) is 38.3. The highest BCUT2D eigenvalue weighted by molar-refractivity contribution is 5.67. The molecule has 9 rings (SSSR count). The maximum Gasteiger partial charge on any atom is 0.318 e. The van der Waals surface area contributed by atoms with Crippen LogP contribution in [-0.2, 0) is 24.1 Å². The maximum absolute atomic E-state index is 11.9. The molecule has 0 aliphatic carbocycles. The molecule has 436 valence electrons. The summed E-state index contributed by atoms with van der Waals surface area (Å²) in [4.78, 5) is 46.5. The quantitative estimate of drug-likeness (QED) is 0.0369. The lowest BCUT2D eigenvalue weighted by Gasteiger charge is -2.23. The minimum atomic E-state index is -0.647. The molecule has 6 aromatic rings. The standard InChI is InChI=1S/C20H24N2O4.C19H22N2O4.C18H20N2O4.CH2O2.CH4O.CH4/c1-13-6-5-7-14(10-13)17-12-21(2)9-8-15-16(17)11-18(25-3)20(26-4)19(15)22(23)24;1-12-5-4-6-13(9-12)16-11-20-8-7-14-15(16)10-17(24-2)19(25-3)18(14)21(22)23;1-11-4-3-5-12(8-11)15-10-19(2)7-6-13-14(15)9-16(21)18(22)17(13)20(23)24;2-1-3;1-2;/h5-7,10-11,17H,8-9,12H2,1-4H3;4-6,9-10,16,20H,7-8,11H2,1-3H3;3-5,8-9,15,21-22H,6-7,10H2,1-2H3;1H,(H,2,3);2H,1H3;1H4/t17-;16-;15-;;;/m000.../s1. The van der Waals surface area contributed by atoms with Gasteiger partial charge in [-0.05, 0) is 112 Å². The summed E-state index contributed by atoms with van der Waals surface area (Å²) in [6.07, 6.45) is 1.64. The van der Waals surface area contributed by atoms with Crippen LogP contribution in [0.5, 0.6) is 34.5 Å². The van der Waals surface area contributed by atoms with Crippen molar-refractivity contribution >= 4 is 23.5 Å². The van der Waals surface area contributed by atoms with Gasteiger partial charge >= 0.3 is 17.1 Å². The lowest BCUT2D eigenvalue weighted by molar-refractivity contribution is -0.386. The number of aromatic hydroxyl groups is 2. The minimum absolute atomic E-state index is 0. The predicted molar refractivity (Wildman–Crippen MR) is 310 cm³/mol. The fourth-order valence-corrected chi connectivity index (χ4v) is 10.8. The Kier molecular flexibility index (Phi) is 24.4. The molecule has 81 heavy (non-hydrogen) atoms. The number of aliphatic hydroxyl groups excluding tert-OH is 1. The largest absolute Gasteiger partial charge is 0.504 e. The molecule has 0 unspecified atom stereocenters. The smallest absolute Gasteiger partial charge is 0.318 e. The third-order valence-corrected chi connectivity index (χ3v) is 14.3. The summed E-state index contributed by atoms with van der Waals surface area (Å²) in [5.41, 5.74) is 11.0. The lowest BCUT2D eigenvalue weighted by atomic mass is 9.86. The van der Waals surface area contributed by atoms with Gasteiger partial charge in [-0.15, -0.1) is 0 Å². The number of likely N-dealkylation sites (N-methyl/N-ethyl adjacent to an activating group) is 2. The molecule has 6 aromatic carbocycles. The van der Waals surface area contributed by atoms with Crippen LogP contribution < -0.4 is 24.3 Å². The maximum atomic E-state index is 11.9. The van der Waals surface area contributed by atoms with Crippen molar-refractivity contribution in [2.24, 2.45) is 0 Å². The van der Waals surface area contributed by atoms with Gasteiger partial charge in [-0.25, -0.2) is 0 Å². The number of nitro benzene ring substituents is 3. The minimum Gasteiger partial charge on any atom is -0.504 e. The van der Waals surface area contributed by atoms with Crippen LogP contribution in [0.1, 0.15) is 91.9 Å². The molecule has 3 aliphatic rings. The molecule has 3 atom stereocenters. The van der Waals surface area contributed by atoms with Gasteiger partial charge in [-0.1, -0.05) is 96.9 Å². The Labute approximate surface area is 472 Å². The van der Waals surface area contributed by atoms with E-state index in [0.29, 0.717) is 61.5 Å². The summed E-state index contributed by atoms with van der Waals surface area (Å²) in [6, 6.07) is 29.9. The number of rotatable bonds is 10. The Morgan fingerprint density at radius 2 is 0.926 bits per heavy atom. The Morgan fingerprint density at radius 3 is 1.30 bits per heavy atom. The molecular weight excluding hydrogens is 1040 g/mol. The van der Waals surface area contributed by atoms with Crippen LogP contribution in [-0.4, -0.2) is 140 Å². The van der Waals surface area contributed by atoms with Crippen LogP contribution in [0.15, 0.2) is 91.0 Å². The number of benzene rings is 6. The van der Waals surface area contributed by atoms with Gasteiger partial charge in [0.05, 0.1) is 43.2 Å². The van der Waals surface area contributed by atoms with E-state index in [1.165, 1.54) is 45.6 Å². The number of carboxylic acid groups (broad SMARTS) is 1. The van der Waals surface area contributed by atoms with Crippen LogP contribution in [0.3, 0.4) is 0 Å². The van der Waals surface area contributed by atoms with Gasteiger partial charge in [-0.2, -0.15) is 0 Å². The Hall–Kier alpha value is -8.37. The highest BCUT2D eigenvalue weighted by Gasteiger charge is 2.36. The van der Waals surface area contributed by atoms with Crippen molar-refractivity contribution in [3.05, 3.63) is 188 Å². The van der Waals surface area contributed by atoms with Crippen molar-refractivity contribution in [3.63, 3.8) is 0 Å². The molecule has 5 N–H and O–H groups in total. The highest BCUT2D eigenvalue weighted by Crippen LogP contribution is 2.49. The molecule has 0 fully saturated rings. The van der Waals surface area contributed by atoms with Gasteiger partial charge < -0.3 is 54.5 Å². The summed E-state index contributed by atoms with van der Waals surface area (Å²) in [7, 11) is 10.9. The number of nitrogens with zero attached hydrogens (tertiary/aromatic N) is 5. The molecule has 0 aromatic heterocycles. The normalized spacial score (nSPS) is 16.3. The second-order valence-corrected chi connectivity index (χ2v) is 19.5. The molecule has 0 spiro atoms. The van der Waals surface area contributed by atoms with Crippen molar-refractivity contribution in [1.82, 2.24) is 15.1 Å². The number of nitro groups is 3. The van der Waals surface area contributed by atoms with E-state index in [1.807, 2.05) is 69.4 Å². The number of phenolic OH excluding ortho intramolecular Hbond substituents is 2. The van der Waals surface area contributed by atoms with Crippen molar-refractivity contribution in [1.29, 1.82) is 0 Å². The van der Waals surface area contributed by atoms with Gasteiger partial charge in [-0.3, -0.25) is 35.1 Å². The lowest BCUT2D eigenvalue weighted by Crippen LogP contribution is -2.24. The first-order valence-corrected chi connectivity index (χ1v) is 25.7. The number of aliphatic hydroxyl groups is 1. The summed E-state index contributed by atoms with van der Waals surface area (Å²) in [6.45, 7) is 10.2. The van der Waals surface area contributed by atoms with Gasteiger partial charge in [0.2, 0.25) is 17.2 Å². The number of ether oxygens (including phenoxy) is 4. The van der Waals surface area contributed by atoms with E-state index in [4.69, 9.17) is 34.0 Å². The van der Waals surface area contributed by atoms with Crippen molar-refractivity contribution in [3.8, 4) is 34.5 Å². The summed E-state index contributed by atoms with van der Waals surface area (Å²) in [5.74, 6) is 0.0611. The van der Waals surface area contributed by atoms with E-state index < -0.39 is 16.4 Å².